The maximum atomic E-state index is 9.76. The summed E-state index contributed by atoms with van der Waals surface area (Å²) in [4.78, 5) is 3.91. The quantitative estimate of drug-likeness (QED) is 0.798. The van der Waals surface area contributed by atoms with Gasteiger partial charge < -0.3 is 10.4 Å². The number of nitrogens with zero attached hydrogens (tertiary/aromatic N) is 1. The van der Waals surface area contributed by atoms with Crippen molar-refractivity contribution < 1.29 is 5.11 Å². The van der Waals surface area contributed by atoms with E-state index in [1.54, 1.807) is 12.4 Å². The van der Waals surface area contributed by atoms with Gasteiger partial charge in [-0.1, -0.05) is 11.6 Å². The molecule has 2 N–H and O–H groups in total. The molecule has 1 aromatic rings. The van der Waals surface area contributed by atoms with Crippen molar-refractivity contribution in [1.82, 2.24) is 10.3 Å². The highest BCUT2D eigenvalue weighted by Gasteiger charge is 2.21. The van der Waals surface area contributed by atoms with E-state index in [-0.39, 0.29) is 6.10 Å². The molecule has 82 valence electrons. The lowest BCUT2D eigenvalue weighted by Crippen LogP contribution is -2.29. The van der Waals surface area contributed by atoms with E-state index in [4.69, 9.17) is 11.6 Å². The lowest BCUT2D eigenvalue weighted by Gasteiger charge is -2.12. The second kappa shape index (κ2) is 4.92. The monoisotopic (exact) mass is 226 g/mol. The number of hydrogen-bond acceptors (Lipinski definition) is 3. The van der Waals surface area contributed by atoms with Crippen LogP contribution in [0.25, 0.3) is 0 Å². The molecule has 3 nitrogen and oxygen atoms in total. The molecule has 4 heteroatoms. The van der Waals surface area contributed by atoms with E-state index < -0.39 is 0 Å². The van der Waals surface area contributed by atoms with Crippen LogP contribution < -0.4 is 5.32 Å². The van der Waals surface area contributed by atoms with Crippen LogP contribution in [0.1, 0.15) is 18.4 Å². The maximum absolute atomic E-state index is 9.76. The molecule has 1 aromatic heterocycles. The minimum atomic E-state index is -0.370. The molecule has 0 radical (unpaired) electrons. The number of rotatable bonds is 5. The molecule has 0 spiro atoms. The Bertz CT molecular complexity index is 328. The Balaban J connectivity index is 1.81. The first-order chi connectivity index (χ1) is 7.25. The summed E-state index contributed by atoms with van der Waals surface area (Å²) in [6, 6.07) is 2.48. The van der Waals surface area contributed by atoms with Gasteiger partial charge in [-0.05, 0) is 24.5 Å². The van der Waals surface area contributed by atoms with Gasteiger partial charge in [-0.25, -0.2) is 0 Å². The topological polar surface area (TPSA) is 45.1 Å². The lowest BCUT2D eigenvalue weighted by molar-refractivity contribution is 0.171. The van der Waals surface area contributed by atoms with Gasteiger partial charge in [0, 0.05) is 31.4 Å². The first kappa shape index (κ1) is 10.9. The fourth-order valence-electron chi connectivity index (χ4n) is 1.49. The van der Waals surface area contributed by atoms with Crippen molar-refractivity contribution in [2.24, 2.45) is 0 Å². The van der Waals surface area contributed by atoms with Gasteiger partial charge in [0.15, 0.2) is 0 Å². The van der Waals surface area contributed by atoms with Crippen LogP contribution in [0.2, 0.25) is 5.02 Å². The van der Waals surface area contributed by atoms with Gasteiger partial charge in [-0.3, -0.25) is 4.98 Å². The number of hydrogen-bond donors (Lipinski definition) is 2. The number of aliphatic hydroxyl groups excluding tert-OH is 1. The summed E-state index contributed by atoms with van der Waals surface area (Å²) in [7, 11) is 0. The van der Waals surface area contributed by atoms with Gasteiger partial charge in [-0.15, -0.1) is 0 Å². The Morgan fingerprint density at radius 2 is 2.40 bits per heavy atom. The molecule has 15 heavy (non-hydrogen) atoms. The maximum Gasteiger partial charge on any atom is 0.0705 e. The molecular weight excluding hydrogens is 212 g/mol. The van der Waals surface area contributed by atoms with Crippen molar-refractivity contribution >= 4 is 11.6 Å². The summed E-state index contributed by atoms with van der Waals surface area (Å²) in [6.45, 7) is 0.642. The first-order valence-corrected chi connectivity index (χ1v) is 5.63. The highest BCUT2D eigenvalue weighted by molar-refractivity contribution is 6.31. The SMILES string of the molecule is OC(CNC1CC1)Cc1ccncc1Cl. The van der Waals surface area contributed by atoms with Crippen LogP contribution in [0.4, 0.5) is 0 Å². The third kappa shape index (κ3) is 3.45. The summed E-state index contributed by atoms with van der Waals surface area (Å²) in [5.74, 6) is 0. The molecule has 1 aliphatic rings. The van der Waals surface area contributed by atoms with Gasteiger partial charge >= 0.3 is 0 Å². The molecule has 1 fully saturated rings. The van der Waals surface area contributed by atoms with Crippen LogP contribution in [0, 0.1) is 0 Å². The minimum Gasteiger partial charge on any atom is -0.391 e. The minimum absolute atomic E-state index is 0.370. The van der Waals surface area contributed by atoms with Crippen molar-refractivity contribution in [3.63, 3.8) is 0 Å². The highest BCUT2D eigenvalue weighted by atomic mass is 35.5. The smallest absolute Gasteiger partial charge is 0.0705 e. The van der Waals surface area contributed by atoms with Gasteiger partial charge in [0.05, 0.1) is 11.1 Å². The molecule has 0 bridgehead atoms. The standard InChI is InChI=1S/C11H15ClN2O/c12-11-7-13-4-3-8(11)5-10(15)6-14-9-1-2-9/h3-4,7,9-10,14-15H,1-2,5-6H2. The van der Waals surface area contributed by atoms with E-state index in [1.165, 1.54) is 12.8 Å². The van der Waals surface area contributed by atoms with Crippen LogP contribution in [0.5, 0.6) is 0 Å². The second-order valence-electron chi connectivity index (χ2n) is 4.01. The van der Waals surface area contributed by atoms with Gasteiger partial charge in [0.25, 0.3) is 0 Å². The first-order valence-electron chi connectivity index (χ1n) is 5.25. The molecular formula is C11H15ClN2O. The Morgan fingerprint density at radius 3 is 3.07 bits per heavy atom. The lowest BCUT2D eigenvalue weighted by atomic mass is 10.1. The van der Waals surface area contributed by atoms with Crippen LogP contribution in [-0.2, 0) is 6.42 Å². The molecule has 1 unspecified atom stereocenters. The summed E-state index contributed by atoms with van der Waals surface area (Å²) >= 11 is 5.95. The zero-order chi connectivity index (χ0) is 10.7. The zero-order valence-corrected chi connectivity index (χ0v) is 9.24. The number of pyridine rings is 1. The Hall–Kier alpha value is -0.640. The summed E-state index contributed by atoms with van der Waals surface area (Å²) in [5.41, 5.74) is 0.955. The summed E-state index contributed by atoms with van der Waals surface area (Å²) in [5, 5.41) is 13.7. The van der Waals surface area contributed by atoms with E-state index in [9.17, 15) is 5.11 Å². The van der Waals surface area contributed by atoms with E-state index in [1.807, 2.05) is 6.07 Å². The zero-order valence-electron chi connectivity index (χ0n) is 8.49. The van der Waals surface area contributed by atoms with Crippen molar-refractivity contribution in [1.29, 1.82) is 0 Å². The predicted molar refractivity (Wildman–Crippen MR) is 60.0 cm³/mol. The highest BCUT2D eigenvalue weighted by Crippen LogP contribution is 2.19. The van der Waals surface area contributed by atoms with Gasteiger partial charge in [-0.2, -0.15) is 0 Å². The third-order valence-corrected chi connectivity index (χ3v) is 2.87. The molecule has 1 heterocycles. The normalized spacial score (nSPS) is 17.7. The van der Waals surface area contributed by atoms with E-state index >= 15 is 0 Å². The van der Waals surface area contributed by atoms with Crippen molar-refractivity contribution in [3.8, 4) is 0 Å². The molecule has 0 aromatic carbocycles. The average Bonchev–Trinajstić information content (AvgIpc) is 3.02. The largest absolute Gasteiger partial charge is 0.391 e. The van der Waals surface area contributed by atoms with E-state index in [2.05, 4.69) is 10.3 Å². The number of aliphatic hydroxyl groups is 1. The molecule has 2 rings (SSSR count). The number of aromatic nitrogens is 1. The van der Waals surface area contributed by atoms with Crippen molar-refractivity contribution in [2.45, 2.75) is 31.4 Å². The van der Waals surface area contributed by atoms with Crippen LogP contribution in [-0.4, -0.2) is 28.8 Å². The average molecular weight is 227 g/mol. The predicted octanol–water partition coefficient (Wildman–Crippen LogP) is 1.39. The number of halogens is 1. The van der Waals surface area contributed by atoms with Gasteiger partial charge in [0.1, 0.15) is 0 Å². The van der Waals surface area contributed by atoms with E-state index in [0.29, 0.717) is 24.0 Å². The van der Waals surface area contributed by atoms with Crippen molar-refractivity contribution in [2.75, 3.05) is 6.54 Å². The number of nitrogens with one attached hydrogen (secondary N) is 1. The van der Waals surface area contributed by atoms with Gasteiger partial charge in [0.2, 0.25) is 0 Å². The summed E-state index contributed by atoms with van der Waals surface area (Å²) < 4.78 is 0. The fraction of sp³-hybridized carbons (Fsp3) is 0.545. The third-order valence-electron chi connectivity index (χ3n) is 2.53. The van der Waals surface area contributed by atoms with Crippen LogP contribution >= 0.6 is 11.6 Å². The molecule has 0 amide bonds. The molecule has 0 saturated heterocycles. The molecule has 1 atom stereocenters. The summed E-state index contributed by atoms with van der Waals surface area (Å²) in [6.07, 6.45) is 6.00. The van der Waals surface area contributed by atoms with Crippen molar-refractivity contribution in [3.05, 3.63) is 29.0 Å². The Labute approximate surface area is 94.5 Å². The fourth-order valence-corrected chi connectivity index (χ4v) is 1.68. The Kier molecular flexibility index (Phi) is 3.57. The van der Waals surface area contributed by atoms with Crippen LogP contribution in [0.3, 0.4) is 0 Å². The molecule has 0 aliphatic heterocycles. The molecule has 1 aliphatic carbocycles. The van der Waals surface area contributed by atoms with E-state index in [0.717, 1.165) is 5.56 Å². The van der Waals surface area contributed by atoms with Crippen LogP contribution in [0.15, 0.2) is 18.5 Å². The second-order valence-corrected chi connectivity index (χ2v) is 4.41. The molecule has 1 saturated carbocycles. The Morgan fingerprint density at radius 1 is 1.60 bits per heavy atom.